The van der Waals surface area contributed by atoms with Crippen LogP contribution in [-0.2, 0) is 0 Å². The first-order chi connectivity index (χ1) is 9.62. The van der Waals surface area contributed by atoms with E-state index in [0.717, 1.165) is 12.4 Å². The second-order valence-electron chi connectivity index (χ2n) is 1.86. The predicted octanol–water partition coefficient (Wildman–Crippen LogP) is 0.905. The third kappa shape index (κ3) is 1.84. The lowest BCUT2D eigenvalue weighted by Crippen LogP contribution is -2.23. The third-order valence-electron chi connectivity index (χ3n) is 1.11. The average molecular weight is 176 g/mol. The third-order valence-corrected chi connectivity index (χ3v) is 1.11. The van der Waals surface area contributed by atoms with Gasteiger partial charge in [0.15, 0.2) is 0 Å². The van der Waals surface area contributed by atoms with Gasteiger partial charge in [0.1, 0.15) is 11.6 Å². The van der Waals surface area contributed by atoms with Gasteiger partial charge in [0.2, 0.25) is 0 Å². The Hall–Kier alpha value is -1.32. The van der Waals surface area contributed by atoms with E-state index in [2.05, 4.69) is 9.97 Å². The van der Waals surface area contributed by atoms with Crippen molar-refractivity contribution in [1.82, 2.24) is 9.97 Å². The van der Waals surface area contributed by atoms with Crippen LogP contribution in [0.1, 0.15) is 27.4 Å². The van der Waals surface area contributed by atoms with Gasteiger partial charge in [-0.2, -0.15) is 0 Å². The summed E-state index contributed by atoms with van der Waals surface area (Å²) in [4.78, 5) is 7.11. The second-order valence-corrected chi connectivity index (χ2v) is 1.86. The molecular formula is C8H14N4. The van der Waals surface area contributed by atoms with E-state index in [-0.39, 0.29) is 10.7 Å². The number of aromatic nitrogens is 2. The Morgan fingerprint density at radius 3 is 2.75 bits per heavy atom. The highest BCUT2D eigenvalue weighted by Gasteiger charge is 2.01. The summed E-state index contributed by atoms with van der Waals surface area (Å²) in [7, 11) is 0. The molecule has 0 atom stereocenters. The molecule has 0 amide bonds. The molecule has 12 heavy (non-hydrogen) atoms. The van der Waals surface area contributed by atoms with Crippen LogP contribution in [0, 0.1) is 0 Å². The Kier molecular flexibility index (Phi) is 0.760. The SMILES string of the molecule is [2H]C([2H])([2H])C([2H])([2H])N(c1cnc(N)cn1)C([2H])([2H])C([2H])([2H])[2H]. The number of nitrogen functional groups attached to an aromatic ring is 1. The van der Waals surface area contributed by atoms with Gasteiger partial charge in [-0.1, -0.05) is 0 Å². The molecule has 0 radical (unpaired) electrons. The van der Waals surface area contributed by atoms with E-state index in [4.69, 9.17) is 19.4 Å². The molecule has 4 nitrogen and oxygen atoms in total. The molecule has 0 unspecified atom stereocenters. The number of rotatable bonds is 3. The Morgan fingerprint density at radius 1 is 1.50 bits per heavy atom. The van der Waals surface area contributed by atoms with Crippen molar-refractivity contribution in [1.29, 1.82) is 0 Å². The van der Waals surface area contributed by atoms with Gasteiger partial charge in [0.25, 0.3) is 0 Å². The van der Waals surface area contributed by atoms with Gasteiger partial charge in [-0.05, 0) is 13.7 Å². The summed E-state index contributed by atoms with van der Waals surface area (Å²) in [5.74, 6) is -0.677. The van der Waals surface area contributed by atoms with Crippen LogP contribution in [0.5, 0.6) is 0 Å². The molecule has 0 aromatic carbocycles. The highest BCUT2D eigenvalue weighted by atomic mass is 15.2. The molecule has 1 aromatic heterocycles. The van der Waals surface area contributed by atoms with Crippen LogP contribution in [0.3, 0.4) is 0 Å². The van der Waals surface area contributed by atoms with Crippen LogP contribution in [0.2, 0.25) is 0 Å². The summed E-state index contributed by atoms with van der Waals surface area (Å²) in [5, 5.41) is 0. The van der Waals surface area contributed by atoms with E-state index in [1.165, 1.54) is 0 Å². The number of anilines is 2. The molecule has 0 aliphatic carbocycles. The molecule has 66 valence electrons. The van der Waals surface area contributed by atoms with Crippen LogP contribution in [-0.4, -0.2) is 23.0 Å². The molecule has 0 saturated carbocycles. The minimum atomic E-state index is -3.35. The molecule has 0 aliphatic rings. The van der Waals surface area contributed by atoms with E-state index in [1.54, 1.807) is 0 Å². The van der Waals surface area contributed by atoms with Crippen molar-refractivity contribution in [3.8, 4) is 0 Å². The number of hydrogen-bond donors (Lipinski definition) is 1. The summed E-state index contributed by atoms with van der Waals surface area (Å²) in [6.07, 6.45) is 1.75. The van der Waals surface area contributed by atoms with Gasteiger partial charge in [-0.3, -0.25) is 0 Å². The molecule has 0 spiro atoms. The molecule has 1 aromatic rings. The molecule has 1 heterocycles. The lowest BCUT2D eigenvalue weighted by atomic mass is 10.5. The van der Waals surface area contributed by atoms with Crippen molar-refractivity contribution >= 4 is 11.6 Å². The van der Waals surface area contributed by atoms with Crippen molar-refractivity contribution in [2.75, 3.05) is 23.6 Å². The molecule has 0 fully saturated rings. The molecule has 0 aliphatic heterocycles. The minimum Gasteiger partial charge on any atom is -0.382 e. The van der Waals surface area contributed by atoms with Crippen LogP contribution in [0.4, 0.5) is 11.6 Å². The topological polar surface area (TPSA) is 55.0 Å². The van der Waals surface area contributed by atoms with Crippen LogP contribution in [0.15, 0.2) is 12.4 Å². The van der Waals surface area contributed by atoms with Crippen molar-refractivity contribution in [2.45, 2.75) is 13.7 Å². The minimum absolute atomic E-state index is 0.0492. The number of nitrogens with zero attached hydrogens (tertiary/aromatic N) is 3. The Labute approximate surface area is 86.5 Å². The van der Waals surface area contributed by atoms with E-state index in [0.29, 0.717) is 0 Å². The van der Waals surface area contributed by atoms with Gasteiger partial charge in [-0.25, -0.2) is 9.97 Å². The van der Waals surface area contributed by atoms with E-state index >= 15 is 0 Å². The normalized spacial score (nSPS) is 26.7. The monoisotopic (exact) mass is 176 g/mol. The zero-order valence-corrected chi connectivity index (χ0v) is 6.07. The van der Waals surface area contributed by atoms with Gasteiger partial charge in [-0.15, -0.1) is 0 Å². The summed E-state index contributed by atoms with van der Waals surface area (Å²) >= 11 is 0. The lowest BCUT2D eigenvalue weighted by molar-refractivity contribution is 0.841. The van der Waals surface area contributed by atoms with E-state index in [1.807, 2.05) is 0 Å². The molecular weight excluding hydrogens is 152 g/mol. The van der Waals surface area contributed by atoms with E-state index < -0.39 is 32.5 Å². The average Bonchev–Trinajstić information content (AvgIpc) is 2.28. The largest absolute Gasteiger partial charge is 0.382 e. The first kappa shape index (κ1) is 2.34. The fraction of sp³-hybridized carbons (Fsp3) is 0.500. The lowest BCUT2D eigenvalue weighted by Gasteiger charge is -2.18. The Balaban J connectivity index is 3.57. The number of nitrogens with two attached hydrogens (primary N) is 1. The highest BCUT2D eigenvalue weighted by Crippen LogP contribution is 2.07. The maximum Gasteiger partial charge on any atom is 0.147 e. The van der Waals surface area contributed by atoms with E-state index in [9.17, 15) is 0 Å². The molecule has 0 bridgehead atoms. The molecule has 2 N–H and O–H groups in total. The molecule has 1 rings (SSSR count). The van der Waals surface area contributed by atoms with Crippen LogP contribution >= 0.6 is 0 Å². The van der Waals surface area contributed by atoms with Crippen LogP contribution in [0.25, 0.3) is 0 Å². The summed E-state index contributed by atoms with van der Waals surface area (Å²) < 4.78 is 74.2. The summed E-state index contributed by atoms with van der Waals surface area (Å²) in [5.41, 5.74) is 5.31. The predicted molar refractivity (Wildman–Crippen MR) is 50.0 cm³/mol. The first-order valence-corrected chi connectivity index (χ1v) is 3.00. The fourth-order valence-corrected chi connectivity index (χ4v) is 0.589. The fourth-order valence-electron chi connectivity index (χ4n) is 0.589. The standard InChI is InChI=1S/C8H14N4/c1-3-12(4-2)8-6-10-7(9)5-11-8/h5-6H,3-4H2,1-2H3,(H2,9,10)/i1D3,2D3,3D2,4D2. The second kappa shape index (κ2) is 3.90. The maximum absolute atomic E-state index is 7.70. The van der Waals surface area contributed by atoms with Crippen molar-refractivity contribution in [2.24, 2.45) is 0 Å². The van der Waals surface area contributed by atoms with Gasteiger partial charge < -0.3 is 10.6 Å². The zero-order valence-electron chi connectivity index (χ0n) is 16.1. The number of hydrogen-bond acceptors (Lipinski definition) is 4. The highest BCUT2D eigenvalue weighted by molar-refractivity contribution is 5.38. The van der Waals surface area contributed by atoms with Gasteiger partial charge in [0, 0.05) is 26.7 Å². The van der Waals surface area contributed by atoms with Crippen LogP contribution < -0.4 is 10.6 Å². The Bertz CT molecular complexity index is 493. The quantitative estimate of drug-likeness (QED) is 0.743. The Morgan fingerprint density at radius 2 is 2.25 bits per heavy atom. The molecule has 0 saturated heterocycles. The summed E-state index contributed by atoms with van der Waals surface area (Å²) in [6, 6.07) is 0. The summed E-state index contributed by atoms with van der Waals surface area (Å²) in [6.45, 7) is -13.4. The zero-order chi connectivity index (χ0) is 17.6. The van der Waals surface area contributed by atoms with Crippen molar-refractivity contribution in [3.05, 3.63) is 12.4 Å². The van der Waals surface area contributed by atoms with Gasteiger partial charge >= 0.3 is 0 Å². The molecule has 4 heteroatoms. The maximum atomic E-state index is 7.70. The van der Waals surface area contributed by atoms with Crippen molar-refractivity contribution < 1.29 is 13.7 Å². The van der Waals surface area contributed by atoms with Gasteiger partial charge in [0.05, 0.1) is 12.4 Å². The van der Waals surface area contributed by atoms with Crippen molar-refractivity contribution in [3.63, 3.8) is 0 Å². The smallest absolute Gasteiger partial charge is 0.147 e. The first-order valence-electron chi connectivity index (χ1n) is 8.00.